The predicted molar refractivity (Wildman–Crippen MR) is 107 cm³/mol. The number of piperazine rings is 1. The fraction of sp³-hybridized carbons (Fsp3) is 0.474. The smallest absolute Gasteiger partial charge is 0.353 e. The highest BCUT2D eigenvalue weighted by atomic mass is 19.4. The van der Waals surface area contributed by atoms with Crippen LogP contribution in [0.2, 0.25) is 0 Å². The van der Waals surface area contributed by atoms with E-state index in [2.05, 4.69) is 35.6 Å². The van der Waals surface area contributed by atoms with E-state index >= 15 is 0 Å². The molecule has 1 fully saturated rings. The Morgan fingerprint density at radius 2 is 1.65 bits per heavy atom. The number of aromatic nitrogens is 7. The van der Waals surface area contributed by atoms with Crippen molar-refractivity contribution in [3.8, 4) is 0 Å². The predicted octanol–water partition coefficient (Wildman–Crippen LogP) is 1.95. The molecule has 4 heterocycles. The minimum Gasteiger partial charge on any atom is -0.353 e. The summed E-state index contributed by atoms with van der Waals surface area (Å²) in [5.41, 5.74) is 2.17. The number of anilines is 2. The van der Waals surface area contributed by atoms with E-state index in [0.29, 0.717) is 44.2 Å². The molecule has 1 aliphatic rings. The lowest BCUT2D eigenvalue weighted by atomic mass is 10.1. The standard InChI is InChI=1S/C19H22F3N9/c1-12-13(2)18(26-24-15(12)10-17-25-27-28-29(17)3)31-8-6-30(7-9-31)16-5-4-14(11-23-16)19(20,21)22/h4-5,11H,6-10H2,1-3H3. The van der Waals surface area contributed by atoms with Crippen LogP contribution in [0.15, 0.2) is 18.3 Å². The molecule has 0 aromatic carbocycles. The number of rotatable bonds is 4. The van der Waals surface area contributed by atoms with E-state index in [1.807, 2.05) is 18.7 Å². The largest absolute Gasteiger partial charge is 0.417 e. The lowest BCUT2D eigenvalue weighted by Crippen LogP contribution is -2.47. The number of pyridine rings is 1. The Kier molecular flexibility index (Phi) is 5.46. The Morgan fingerprint density at radius 3 is 2.23 bits per heavy atom. The molecule has 0 bridgehead atoms. The first-order chi connectivity index (χ1) is 14.7. The van der Waals surface area contributed by atoms with Gasteiger partial charge in [-0.3, -0.25) is 0 Å². The molecular formula is C19H22F3N9. The molecule has 164 valence electrons. The highest BCUT2D eigenvalue weighted by Gasteiger charge is 2.31. The van der Waals surface area contributed by atoms with Crippen molar-refractivity contribution in [1.29, 1.82) is 0 Å². The van der Waals surface area contributed by atoms with Gasteiger partial charge in [-0.25, -0.2) is 9.67 Å². The van der Waals surface area contributed by atoms with Gasteiger partial charge in [-0.15, -0.1) is 10.2 Å². The Labute approximate surface area is 176 Å². The van der Waals surface area contributed by atoms with Crippen molar-refractivity contribution in [1.82, 2.24) is 35.4 Å². The van der Waals surface area contributed by atoms with Crippen LogP contribution >= 0.6 is 0 Å². The molecule has 0 atom stereocenters. The first kappa shape index (κ1) is 20.9. The third-order valence-electron chi connectivity index (χ3n) is 5.61. The number of tetrazole rings is 1. The van der Waals surface area contributed by atoms with Crippen molar-refractivity contribution in [2.75, 3.05) is 36.0 Å². The van der Waals surface area contributed by atoms with Gasteiger partial charge in [-0.2, -0.15) is 18.3 Å². The Bertz CT molecular complexity index is 1050. The maximum Gasteiger partial charge on any atom is 0.417 e. The monoisotopic (exact) mass is 433 g/mol. The Balaban J connectivity index is 1.44. The summed E-state index contributed by atoms with van der Waals surface area (Å²) in [6.07, 6.45) is -3.00. The first-order valence-electron chi connectivity index (χ1n) is 9.81. The van der Waals surface area contributed by atoms with Crippen molar-refractivity contribution in [2.45, 2.75) is 26.4 Å². The van der Waals surface area contributed by atoms with Crippen molar-refractivity contribution in [2.24, 2.45) is 7.05 Å². The van der Waals surface area contributed by atoms with Crippen molar-refractivity contribution in [3.63, 3.8) is 0 Å². The lowest BCUT2D eigenvalue weighted by Gasteiger charge is -2.36. The van der Waals surface area contributed by atoms with E-state index in [1.54, 1.807) is 11.7 Å². The molecule has 0 N–H and O–H groups in total. The van der Waals surface area contributed by atoms with E-state index in [4.69, 9.17) is 0 Å². The lowest BCUT2D eigenvalue weighted by molar-refractivity contribution is -0.137. The first-order valence-corrected chi connectivity index (χ1v) is 9.81. The number of halogens is 3. The maximum atomic E-state index is 12.7. The molecule has 0 amide bonds. The normalized spacial score (nSPS) is 14.9. The van der Waals surface area contributed by atoms with Crippen molar-refractivity contribution >= 4 is 11.6 Å². The minimum atomic E-state index is -4.38. The Morgan fingerprint density at radius 1 is 0.935 bits per heavy atom. The summed E-state index contributed by atoms with van der Waals surface area (Å²) in [5.74, 6) is 2.07. The molecule has 0 saturated carbocycles. The van der Waals surface area contributed by atoms with Gasteiger partial charge >= 0.3 is 6.18 Å². The second-order valence-electron chi connectivity index (χ2n) is 7.49. The highest BCUT2D eigenvalue weighted by molar-refractivity contribution is 5.52. The summed E-state index contributed by atoms with van der Waals surface area (Å²) in [5, 5.41) is 20.3. The molecule has 31 heavy (non-hydrogen) atoms. The summed E-state index contributed by atoms with van der Waals surface area (Å²) in [7, 11) is 1.78. The molecule has 1 saturated heterocycles. The minimum absolute atomic E-state index is 0.497. The Hall–Kier alpha value is -3.31. The molecule has 0 radical (unpaired) electrons. The zero-order valence-electron chi connectivity index (χ0n) is 17.4. The molecular weight excluding hydrogens is 411 g/mol. The summed E-state index contributed by atoms with van der Waals surface area (Å²) in [6.45, 7) is 6.63. The van der Waals surface area contributed by atoms with Gasteiger partial charge in [0.25, 0.3) is 0 Å². The summed E-state index contributed by atoms with van der Waals surface area (Å²) < 4.78 is 39.8. The second kappa shape index (κ2) is 8.08. The van der Waals surface area contributed by atoms with E-state index in [9.17, 15) is 13.2 Å². The molecule has 3 aromatic heterocycles. The summed E-state index contributed by atoms with van der Waals surface area (Å²) in [6, 6.07) is 2.49. The molecule has 0 spiro atoms. The zero-order valence-corrected chi connectivity index (χ0v) is 17.4. The van der Waals surface area contributed by atoms with Crippen LogP contribution in [0.4, 0.5) is 24.8 Å². The van der Waals surface area contributed by atoms with E-state index in [0.717, 1.165) is 34.9 Å². The fourth-order valence-electron chi connectivity index (χ4n) is 3.55. The van der Waals surface area contributed by atoms with Crippen LogP contribution in [0.3, 0.4) is 0 Å². The van der Waals surface area contributed by atoms with Gasteiger partial charge in [0, 0.05) is 39.4 Å². The van der Waals surface area contributed by atoms with E-state index in [-0.39, 0.29) is 0 Å². The van der Waals surface area contributed by atoms with Gasteiger partial charge in [-0.05, 0) is 47.5 Å². The van der Waals surface area contributed by atoms with Gasteiger partial charge in [-0.1, -0.05) is 0 Å². The van der Waals surface area contributed by atoms with Crippen LogP contribution in [0, 0.1) is 13.8 Å². The molecule has 0 unspecified atom stereocenters. The topological polar surface area (TPSA) is 88.7 Å². The summed E-state index contributed by atoms with van der Waals surface area (Å²) >= 11 is 0. The second-order valence-corrected chi connectivity index (χ2v) is 7.49. The van der Waals surface area contributed by atoms with Crippen LogP contribution < -0.4 is 9.80 Å². The van der Waals surface area contributed by atoms with Gasteiger partial charge < -0.3 is 9.80 Å². The number of aryl methyl sites for hydroxylation is 1. The van der Waals surface area contributed by atoms with Crippen LogP contribution in [0.25, 0.3) is 0 Å². The molecule has 1 aliphatic heterocycles. The van der Waals surface area contributed by atoms with Crippen molar-refractivity contribution in [3.05, 3.63) is 46.5 Å². The third kappa shape index (κ3) is 4.28. The number of hydrogen-bond acceptors (Lipinski definition) is 8. The average molecular weight is 433 g/mol. The van der Waals surface area contributed by atoms with Crippen LogP contribution in [-0.2, 0) is 19.6 Å². The number of nitrogens with zero attached hydrogens (tertiary/aromatic N) is 9. The van der Waals surface area contributed by atoms with Gasteiger partial charge in [0.05, 0.1) is 17.7 Å². The van der Waals surface area contributed by atoms with E-state index < -0.39 is 11.7 Å². The molecule has 9 nitrogen and oxygen atoms in total. The number of alkyl halides is 3. The highest BCUT2D eigenvalue weighted by Crippen LogP contribution is 2.30. The zero-order chi connectivity index (χ0) is 22.2. The average Bonchev–Trinajstić information content (AvgIpc) is 3.16. The van der Waals surface area contributed by atoms with Crippen molar-refractivity contribution < 1.29 is 13.2 Å². The van der Waals surface area contributed by atoms with Crippen LogP contribution in [0.5, 0.6) is 0 Å². The van der Waals surface area contributed by atoms with Gasteiger partial charge in [0.2, 0.25) is 0 Å². The molecule has 3 aromatic rings. The maximum absolute atomic E-state index is 12.7. The molecule has 12 heteroatoms. The summed E-state index contributed by atoms with van der Waals surface area (Å²) in [4.78, 5) is 8.11. The quantitative estimate of drug-likeness (QED) is 0.617. The molecule has 4 rings (SSSR count). The fourth-order valence-corrected chi connectivity index (χ4v) is 3.55. The van der Waals surface area contributed by atoms with Crippen LogP contribution in [-0.4, -0.2) is 61.6 Å². The third-order valence-corrected chi connectivity index (χ3v) is 5.61. The molecule has 0 aliphatic carbocycles. The van der Waals surface area contributed by atoms with Gasteiger partial charge in [0.1, 0.15) is 5.82 Å². The van der Waals surface area contributed by atoms with Crippen LogP contribution in [0.1, 0.15) is 28.2 Å². The van der Waals surface area contributed by atoms with E-state index in [1.165, 1.54) is 6.07 Å². The number of hydrogen-bond donors (Lipinski definition) is 0. The SMILES string of the molecule is Cc1c(Cc2nnnn2C)nnc(N2CCN(c3ccc(C(F)(F)F)cn3)CC2)c1C. The van der Waals surface area contributed by atoms with Gasteiger partial charge in [0.15, 0.2) is 11.6 Å².